The van der Waals surface area contributed by atoms with Crippen molar-refractivity contribution in [2.45, 2.75) is 11.8 Å². The zero-order valence-corrected chi connectivity index (χ0v) is 8.00. The standard InChI is InChI=1S/C7H8O3S.H3N.H2O/c1-6-2-4-7(5-3-6)11(8,9)10;;/h2-5H,1H3,(H,8,9,10);1H3;1H2. The third-order valence-electron chi connectivity index (χ3n) is 1.32. The SMILES string of the molecule is Cc1ccc(S(=O)(=O)O)cc1.N.O. The van der Waals surface area contributed by atoms with E-state index in [-0.39, 0.29) is 16.5 Å². The molecule has 0 aliphatic heterocycles. The van der Waals surface area contributed by atoms with E-state index in [4.69, 9.17) is 4.55 Å². The van der Waals surface area contributed by atoms with Gasteiger partial charge in [0.05, 0.1) is 4.90 Å². The van der Waals surface area contributed by atoms with Gasteiger partial charge >= 0.3 is 0 Å². The molecule has 0 fully saturated rings. The molecule has 0 bridgehead atoms. The fourth-order valence-electron chi connectivity index (χ4n) is 0.710. The van der Waals surface area contributed by atoms with Gasteiger partial charge < -0.3 is 11.6 Å². The predicted molar refractivity (Wildman–Crippen MR) is 49.6 cm³/mol. The van der Waals surface area contributed by atoms with Crippen molar-refractivity contribution in [3.8, 4) is 0 Å². The van der Waals surface area contributed by atoms with Crippen LogP contribution in [0.2, 0.25) is 0 Å². The van der Waals surface area contributed by atoms with Crippen LogP contribution in [0.5, 0.6) is 0 Å². The van der Waals surface area contributed by atoms with Crippen molar-refractivity contribution < 1.29 is 18.4 Å². The van der Waals surface area contributed by atoms with Crippen LogP contribution in [0.1, 0.15) is 5.56 Å². The first-order valence-electron chi connectivity index (χ1n) is 3.04. The summed E-state index contributed by atoms with van der Waals surface area (Å²) >= 11 is 0. The Morgan fingerprint density at radius 2 is 1.54 bits per heavy atom. The smallest absolute Gasteiger partial charge is 0.294 e. The molecule has 0 amide bonds. The van der Waals surface area contributed by atoms with Crippen molar-refractivity contribution in [2.75, 3.05) is 0 Å². The summed E-state index contributed by atoms with van der Waals surface area (Å²) in [6, 6.07) is 5.99. The molecule has 0 aliphatic rings. The normalized spacial score (nSPS) is 9.69. The van der Waals surface area contributed by atoms with Gasteiger partial charge in [-0.1, -0.05) is 17.7 Å². The first kappa shape index (κ1) is 14.6. The van der Waals surface area contributed by atoms with Crippen LogP contribution >= 0.6 is 0 Å². The lowest BCUT2D eigenvalue weighted by Crippen LogP contribution is -1.96. The van der Waals surface area contributed by atoms with Gasteiger partial charge in [0.25, 0.3) is 10.1 Å². The molecule has 0 saturated carbocycles. The fourth-order valence-corrected chi connectivity index (χ4v) is 1.19. The van der Waals surface area contributed by atoms with Gasteiger partial charge in [-0.15, -0.1) is 0 Å². The summed E-state index contributed by atoms with van der Waals surface area (Å²) in [5, 5.41) is 0. The number of benzene rings is 1. The lowest BCUT2D eigenvalue weighted by Gasteiger charge is -1.95. The molecule has 1 rings (SSSR count). The minimum Gasteiger partial charge on any atom is -0.412 e. The van der Waals surface area contributed by atoms with Crippen LogP contribution in [0, 0.1) is 6.92 Å². The van der Waals surface area contributed by atoms with Crippen LogP contribution < -0.4 is 6.15 Å². The highest BCUT2D eigenvalue weighted by Gasteiger charge is 2.06. The van der Waals surface area contributed by atoms with E-state index in [0.29, 0.717) is 0 Å². The number of hydrogen-bond acceptors (Lipinski definition) is 3. The topological polar surface area (TPSA) is 121 Å². The largest absolute Gasteiger partial charge is 0.412 e. The first-order valence-corrected chi connectivity index (χ1v) is 4.48. The molecule has 6 heteroatoms. The summed E-state index contributed by atoms with van der Waals surface area (Å²) in [6.07, 6.45) is 0. The van der Waals surface area contributed by atoms with E-state index in [1.165, 1.54) is 12.1 Å². The molecule has 0 aromatic heterocycles. The third-order valence-corrected chi connectivity index (χ3v) is 2.19. The van der Waals surface area contributed by atoms with Gasteiger partial charge in [-0.2, -0.15) is 8.42 Å². The van der Waals surface area contributed by atoms with Gasteiger partial charge in [-0.3, -0.25) is 4.55 Å². The van der Waals surface area contributed by atoms with Gasteiger partial charge in [-0.05, 0) is 19.1 Å². The molecule has 0 unspecified atom stereocenters. The average molecular weight is 207 g/mol. The number of rotatable bonds is 1. The second-order valence-electron chi connectivity index (χ2n) is 2.29. The summed E-state index contributed by atoms with van der Waals surface area (Å²) in [5.74, 6) is 0. The Bertz CT molecular complexity index is 343. The van der Waals surface area contributed by atoms with Crippen molar-refractivity contribution in [3.05, 3.63) is 29.8 Å². The lowest BCUT2D eigenvalue weighted by atomic mass is 10.2. The quantitative estimate of drug-likeness (QED) is 0.654. The summed E-state index contributed by atoms with van der Waals surface area (Å²) in [7, 11) is -4.02. The molecule has 0 heterocycles. The van der Waals surface area contributed by atoms with Crippen molar-refractivity contribution in [3.63, 3.8) is 0 Å². The Kier molecular flexibility index (Phi) is 5.52. The van der Waals surface area contributed by atoms with E-state index in [2.05, 4.69) is 0 Å². The van der Waals surface area contributed by atoms with Gasteiger partial charge in [-0.25, -0.2) is 0 Å². The van der Waals surface area contributed by atoms with E-state index in [1.54, 1.807) is 12.1 Å². The van der Waals surface area contributed by atoms with E-state index >= 15 is 0 Å². The second-order valence-corrected chi connectivity index (χ2v) is 3.71. The zero-order valence-electron chi connectivity index (χ0n) is 7.19. The molecule has 1 aromatic carbocycles. The van der Waals surface area contributed by atoms with Crippen LogP contribution in [0.3, 0.4) is 0 Å². The molecule has 0 radical (unpaired) electrons. The van der Waals surface area contributed by atoms with E-state index in [1.807, 2.05) is 6.92 Å². The summed E-state index contributed by atoms with van der Waals surface area (Å²) in [4.78, 5) is -0.0666. The Labute approximate surface area is 77.0 Å². The van der Waals surface area contributed by atoms with Gasteiger partial charge in [0.2, 0.25) is 0 Å². The summed E-state index contributed by atoms with van der Waals surface area (Å²) in [5.41, 5.74) is 0.956. The monoisotopic (exact) mass is 207 g/mol. The van der Waals surface area contributed by atoms with Crippen molar-refractivity contribution in [2.24, 2.45) is 0 Å². The van der Waals surface area contributed by atoms with Crippen molar-refractivity contribution in [1.29, 1.82) is 0 Å². The maximum absolute atomic E-state index is 10.5. The molecular weight excluding hydrogens is 194 g/mol. The van der Waals surface area contributed by atoms with Crippen molar-refractivity contribution >= 4 is 10.1 Å². The van der Waals surface area contributed by atoms with E-state index in [9.17, 15) is 8.42 Å². The van der Waals surface area contributed by atoms with Crippen LogP contribution in [-0.4, -0.2) is 18.4 Å². The minimum atomic E-state index is -4.02. The van der Waals surface area contributed by atoms with Crippen LogP contribution in [0.4, 0.5) is 0 Å². The molecular formula is C7H13NO4S. The second kappa shape index (κ2) is 4.93. The highest BCUT2D eigenvalue weighted by atomic mass is 32.2. The Morgan fingerprint density at radius 3 is 1.85 bits per heavy atom. The molecule has 0 aliphatic carbocycles. The minimum absolute atomic E-state index is 0. The van der Waals surface area contributed by atoms with E-state index < -0.39 is 10.1 Å². The van der Waals surface area contributed by atoms with Gasteiger partial charge in [0, 0.05) is 0 Å². The maximum atomic E-state index is 10.5. The Balaban J connectivity index is 0. The molecule has 1 aromatic rings. The fraction of sp³-hybridized carbons (Fsp3) is 0.143. The maximum Gasteiger partial charge on any atom is 0.294 e. The Hall–Kier alpha value is -0.950. The molecule has 0 atom stereocenters. The van der Waals surface area contributed by atoms with Crippen LogP contribution in [0.25, 0.3) is 0 Å². The molecule has 76 valence electrons. The first-order chi connectivity index (χ1) is 5.00. The Morgan fingerprint density at radius 1 is 1.15 bits per heavy atom. The van der Waals surface area contributed by atoms with Gasteiger partial charge in [0.15, 0.2) is 0 Å². The lowest BCUT2D eigenvalue weighted by molar-refractivity contribution is 0.483. The summed E-state index contributed by atoms with van der Waals surface area (Å²) in [6.45, 7) is 1.84. The van der Waals surface area contributed by atoms with Crippen LogP contribution in [0.15, 0.2) is 29.2 Å². The van der Waals surface area contributed by atoms with Gasteiger partial charge in [0.1, 0.15) is 0 Å². The highest BCUT2D eigenvalue weighted by molar-refractivity contribution is 7.85. The van der Waals surface area contributed by atoms with E-state index in [0.717, 1.165) is 5.56 Å². The summed E-state index contributed by atoms with van der Waals surface area (Å²) < 4.78 is 29.6. The number of aryl methyl sites for hydroxylation is 1. The third kappa shape index (κ3) is 4.00. The molecule has 0 saturated heterocycles. The van der Waals surface area contributed by atoms with Crippen molar-refractivity contribution in [1.82, 2.24) is 6.15 Å². The average Bonchev–Trinajstić information content (AvgIpc) is 1.86. The zero-order chi connectivity index (χ0) is 8.48. The molecule has 0 spiro atoms. The molecule has 6 N–H and O–H groups in total. The van der Waals surface area contributed by atoms with Crippen LogP contribution in [-0.2, 0) is 10.1 Å². The predicted octanol–water partition coefficient (Wildman–Crippen LogP) is 0.579. The number of hydrogen-bond donors (Lipinski definition) is 2. The molecule has 13 heavy (non-hydrogen) atoms. The molecule has 5 nitrogen and oxygen atoms in total. The highest BCUT2D eigenvalue weighted by Crippen LogP contribution is 2.08.